The summed E-state index contributed by atoms with van der Waals surface area (Å²) in [6, 6.07) is 3.34. The van der Waals surface area contributed by atoms with Gasteiger partial charge in [-0.05, 0) is 30.5 Å². The molecule has 1 amide bonds. The van der Waals surface area contributed by atoms with Crippen LogP contribution in [0.2, 0.25) is 0 Å². The van der Waals surface area contributed by atoms with Gasteiger partial charge in [-0.2, -0.15) is 0 Å². The lowest BCUT2D eigenvalue weighted by Gasteiger charge is -2.14. The third-order valence-corrected chi connectivity index (χ3v) is 3.31. The molecule has 0 radical (unpaired) electrons. The fourth-order valence-electron chi connectivity index (χ4n) is 1.63. The summed E-state index contributed by atoms with van der Waals surface area (Å²) in [5.74, 6) is -0.808. The molecule has 0 spiro atoms. The number of phenolic OH excluding ortho intramolecular Hbond substituents is 1. The summed E-state index contributed by atoms with van der Waals surface area (Å²) >= 11 is 3.36. The molecular formula is C13H17BrFNO2. The first-order valence-electron chi connectivity index (χ1n) is 5.91. The van der Waals surface area contributed by atoms with Crippen molar-refractivity contribution in [1.82, 2.24) is 5.32 Å². The molecule has 0 aliphatic heterocycles. The number of carbonyl (C=O) groups is 1. The van der Waals surface area contributed by atoms with Gasteiger partial charge in [0.15, 0.2) is 0 Å². The first-order chi connectivity index (χ1) is 8.58. The second kappa shape index (κ2) is 7.36. The summed E-state index contributed by atoms with van der Waals surface area (Å²) in [4.78, 5) is 11.8. The van der Waals surface area contributed by atoms with Crippen molar-refractivity contribution < 1.29 is 14.3 Å². The number of rotatable bonds is 6. The molecule has 0 heterocycles. The van der Waals surface area contributed by atoms with Crippen molar-refractivity contribution in [2.24, 2.45) is 5.92 Å². The number of hydrogen-bond acceptors (Lipinski definition) is 2. The van der Waals surface area contributed by atoms with E-state index in [4.69, 9.17) is 0 Å². The average molecular weight is 318 g/mol. The molecule has 0 fully saturated rings. The van der Waals surface area contributed by atoms with E-state index in [9.17, 15) is 14.3 Å². The Bertz CT molecular complexity index is 412. The standard InChI is InChI=1S/C13H17BrFNO2/c1-2-9(5-6-14)8-16-13(18)11-7-10(15)3-4-12(11)17/h3-4,7,9,17H,2,5-6,8H2,1H3,(H,16,18). The summed E-state index contributed by atoms with van der Waals surface area (Å²) in [5, 5.41) is 13.1. The Kier molecular flexibility index (Phi) is 6.12. The van der Waals surface area contributed by atoms with Gasteiger partial charge in [0, 0.05) is 11.9 Å². The van der Waals surface area contributed by atoms with E-state index in [2.05, 4.69) is 28.2 Å². The summed E-state index contributed by atoms with van der Waals surface area (Å²) < 4.78 is 13.0. The smallest absolute Gasteiger partial charge is 0.255 e. The Hall–Kier alpha value is -1.10. The summed E-state index contributed by atoms with van der Waals surface area (Å²) in [7, 11) is 0. The number of amides is 1. The highest BCUT2D eigenvalue weighted by molar-refractivity contribution is 9.09. The molecule has 0 aliphatic carbocycles. The SMILES string of the molecule is CCC(CCBr)CNC(=O)c1cc(F)ccc1O. The summed E-state index contributed by atoms with van der Waals surface area (Å²) in [5.41, 5.74) is -0.0244. The minimum Gasteiger partial charge on any atom is -0.507 e. The second-order valence-electron chi connectivity index (χ2n) is 4.12. The van der Waals surface area contributed by atoms with Crippen LogP contribution in [0.5, 0.6) is 5.75 Å². The number of alkyl halides is 1. The van der Waals surface area contributed by atoms with Gasteiger partial charge in [-0.3, -0.25) is 4.79 Å². The average Bonchev–Trinajstić information content (AvgIpc) is 2.37. The number of nitrogens with one attached hydrogen (secondary N) is 1. The van der Waals surface area contributed by atoms with E-state index in [1.807, 2.05) is 0 Å². The zero-order valence-electron chi connectivity index (χ0n) is 10.2. The molecule has 0 bridgehead atoms. The highest BCUT2D eigenvalue weighted by Gasteiger charge is 2.13. The van der Waals surface area contributed by atoms with Crippen LogP contribution in [0, 0.1) is 11.7 Å². The number of benzene rings is 1. The van der Waals surface area contributed by atoms with Crippen LogP contribution in [0.1, 0.15) is 30.1 Å². The van der Waals surface area contributed by atoms with Gasteiger partial charge >= 0.3 is 0 Å². The maximum Gasteiger partial charge on any atom is 0.255 e. The van der Waals surface area contributed by atoms with E-state index in [-0.39, 0.29) is 11.3 Å². The van der Waals surface area contributed by atoms with Crippen LogP contribution in [0.25, 0.3) is 0 Å². The van der Waals surface area contributed by atoms with Crippen LogP contribution in [0.15, 0.2) is 18.2 Å². The number of carbonyl (C=O) groups excluding carboxylic acids is 1. The van der Waals surface area contributed by atoms with E-state index < -0.39 is 11.7 Å². The molecule has 3 nitrogen and oxygen atoms in total. The minimum absolute atomic E-state index is 0.0244. The van der Waals surface area contributed by atoms with Crippen molar-refractivity contribution in [3.05, 3.63) is 29.6 Å². The first kappa shape index (κ1) is 15.0. The highest BCUT2D eigenvalue weighted by atomic mass is 79.9. The molecule has 100 valence electrons. The zero-order chi connectivity index (χ0) is 13.5. The lowest BCUT2D eigenvalue weighted by molar-refractivity contribution is 0.0943. The Morgan fingerprint density at radius 1 is 1.56 bits per heavy atom. The van der Waals surface area contributed by atoms with Crippen molar-refractivity contribution in [2.45, 2.75) is 19.8 Å². The lowest BCUT2D eigenvalue weighted by atomic mass is 10.0. The molecule has 18 heavy (non-hydrogen) atoms. The molecule has 0 aromatic heterocycles. The fourth-order valence-corrected chi connectivity index (χ4v) is 2.27. The molecule has 1 aromatic rings. The van der Waals surface area contributed by atoms with Crippen molar-refractivity contribution in [3.8, 4) is 5.75 Å². The van der Waals surface area contributed by atoms with Crippen molar-refractivity contribution in [3.63, 3.8) is 0 Å². The van der Waals surface area contributed by atoms with E-state index in [0.29, 0.717) is 12.5 Å². The Balaban J connectivity index is 2.62. The van der Waals surface area contributed by atoms with E-state index >= 15 is 0 Å². The third kappa shape index (κ3) is 4.29. The monoisotopic (exact) mass is 317 g/mol. The van der Waals surface area contributed by atoms with Gasteiger partial charge in [0.05, 0.1) is 5.56 Å². The highest BCUT2D eigenvalue weighted by Crippen LogP contribution is 2.18. The molecule has 5 heteroatoms. The maximum atomic E-state index is 13.0. The van der Waals surface area contributed by atoms with Gasteiger partial charge < -0.3 is 10.4 Å². The zero-order valence-corrected chi connectivity index (χ0v) is 11.8. The first-order valence-corrected chi connectivity index (χ1v) is 7.03. The fraction of sp³-hybridized carbons (Fsp3) is 0.462. The van der Waals surface area contributed by atoms with Gasteiger partial charge in [0.25, 0.3) is 5.91 Å². The Morgan fingerprint density at radius 3 is 2.89 bits per heavy atom. The molecule has 2 N–H and O–H groups in total. The molecular weight excluding hydrogens is 301 g/mol. The molecule has 1 rings (SSSR count). The number of phenols is 1. The normalized spacial score (nSPS) is 12.2. The Morgan fingerprint density at radius 2 is 2.28 bits per heavy atom. The molecule has 0 saturated heterocycles. The van der Waals surface area contributed by atoms with E-state index in [0.717, 1.165) is 30.3 Å². The largest absolute Gasteiger partial charge is 0.507 e. The number of aromatic hydroxyl groups is 1. The van der Waals surface area contributed by atoms with Gasteiger partial charge in [-0.15, -0.1) is 0 Å². The van der Waals surface area contributed by atoms with Crippen LogP contribution >= 0.6 is 15.9 Å². The van der Waals surface area contributed by atoms with Gasteiger partial charge in [0.2, 0.25) is 0 Å². The van der Waals surface area contributed by atoms with Crippen molar-refractivity contribution in [2.75, 3.05) is 11.9 Å². The van der Waals surface area contributed by atoms with Gasteiger partial charge in [-0.25, -0.2) is 4.39 Å². The van der Waals surface area contributed by atoms with Gasteiger partial charge in [-0.1, -0.05) is 29.3 Å². The molecule has 1 unspecified atom stereocenters. The van der Waals surface area contributed by atoms with Crippen molar-refractivity contribution >= 4 is 21.8 Å². The predicted molar refractivity (Wildman–Crippen MR) is 72.6 cm³/mol. The van der Waals surface area contributed by atoms with Crippen LogP contribution < -0.4 is 5.32 Å². The Labute approximate surface area is 115 Å². The predicted octanol–water partition coefficient (Wildman–Crippen LogP) is 3.07. The number of halogens is 2. The quantitative estimate of drug-likeness (QED) is 0.792. The summed E-state index contributed by atoms with van der Waals surface area (Å²) in [6.07, 6.45) is 1.92. The maximum absolute atomic E-state index is 13.0. The molecule has 1 aromatic carbocycles. The van der Waals surface area contributed by atoms with Crippen LogP contribution in [-0.2, 0) is 0 Å². The lowest BCUT2D eigenvalue weighted by Crippen LogP contribution is -2.29. The minimum atomic E-state index is -0.537. The van der Waals surface area contributed by atoms with Crippen LogP contribution in [0.4, 0.5) is 4.39 Å². The molecule has 0 aliphatic rings. The second-order valence-corrected chi connectivity index (χ2v) is 4.92. The van der Waals surface area contributed by atoms with Crippen LogP contribution in [-0.4, -0.2) is 22.9 Å². The number of hydrogen-bond donors (Lipinski definition) is 2. The molecule has 0 saturated carbocycles. The van der Waals surface area contributed by atoms with E-state index in [1.54, 1.807) is 0 Å². The van der Waals surface area contributed by atoms with E-state index in [1.165, 1.54) is 6.07 Å². The third-order valence-electron chi connectivity index (χ3n) is 2.85. The van der Waals surface area contributed by atoms with Gasteiger partial charge in [0.1, 0.15) is 11.6 Å². The molecule has 1 atom stereocenters. The topological polar surface area (TPSA) is 49.3 Å². The summed E-state index contributed by atoms with van der Waals surface area (Å²) in [6.45, 7) is 2.58. The van der Waals surface area contributed by atoms with Crippen LogP contribution in [0.3, 0.4) is 0 Å². The van der Waals surface area contributed by atoms with Crippen molar-refractivity contribution in [1.29, 1.82) is 0 Å².